The Morgan fingerprint density at radius 1 is 1.62 bits per heavy atom. The van der Waals surface area contributed by atoms with Crippen molar-refractivity contribution in [1.82, 2.24) is 4.90 Å². The Bertz CT molecular complexity index is 311. The maximum atomic E-state index is 8.78. The normalized spacial score (nSPS) is 30.6. The number of nitriles is 1. The zero-order valence-electron chi connectivity index (χ0n) is 7.77. The van der Waals surface area contributed by atoms with Gasteiger partial charge in [-0.25, -0.2) is 0 Å². The molecular formula is C10H12N2O. The number of hydrogen-bond donors (Lipinski definition) is 0. The molecule has 3 nitrogen and oxygen atoms in total. The van der Waals surface area contributed by atoms with E-state index < -0.39 is 0 Å². The molecule has 68 valence electrons. The van der Waals surface area contributed by atoms with Crippen LogP contribution in [-0.2, 0) is 4.74 Å². The smallest absolute Gasteiger partial charge is 0.161 e. The summed E-state index contributed by atoms with van der Waals surface area (Å²) in [4.78, 5) is 2.09. The summed E-state index contributed by atoms with van der Waals surface area (Å²) in [5.41, 5.74) is 0.699. The van der Waals surface area contributed by atoms with Gasteiger partial charge in [-0.2, -0.15) is 5.26 Å². The van der Waals surface area contributed by atoms with Crippen molar-refractivity contribution in [3.63, 3.8) is 0 Å². The Morgan fingerprint density at radius 2 is 2.38 bits per heavy atom. The third-order valence-electron chi connectivity index (χ3n) is 2.27. The van der Waals surface area contributed by atoms with Crippen LogP contribution >= 0.6 is 0 Å². The topological polar surface area (TPSA) is 39.6 Å². The molecule has 0 bridgehead atoms. The maximum Gasteiger partial charge on any atom is 0.161 e. The molecule has 0 spiro atoms. The molecule has 2 unspecified atom stereocenters. The minimum absolute atomic E-state index is 0.155. The Kier molecular flexibility index (Phi) is 1.86. The molecule has 2 aliphatic rings. The van der Waals surface area contributed by atoms with Crippen LogP contribution in [0.4, 0.5) is 0 Å². The van der Waals surface area contributed by atoms with Crippen molar-refractivity contribution in [2.75, 3.05) is 0 Å². The van der Waals surface area contributed by atoms with Crippen LogP contribution in [0.2, 0.25) is 0 Å². The van der Waals surface area contributed by atoms with Gasteiger partial charge in [-0.3, -0.25) is 0 Å². The van der Waals surface area contributed by atoms with E-state index in [0.29, 0.717) is 11.6 Å². The second-order valence-electron chi connectivity index (χ2n) is 3.59. The van der Waals surface area contributed by atoms with E-state index in [0.717, 1.165) is 0 Å². The third-order valence-corrected chi connectivity index (χ3v) is 2.27. The van der Waals surface area contributed by atoms with Gasteiger partial charge in [0.2, 0.25) is 0 Å². The minimum atomic E-state index is 0.155. The standard InChI is InChI=1S/C10H12N2O/c1-7(2)12-6-8(5-11)3-4-9-10(12)13-9/h3-4,6-7,9-10H,1-2H3. The molecule has 2 rings (SSSR count). The first-order valence-corrected chi connectivity index (χ1v) is 4.45. The first-order chi connectivity index (χ1) is 6.22. The molecule has 3 heteroatoms. The molecule has 2 atom stereocenters. The van der Waals surface area contributed by atoms with Crippen molar-refractivity contribution >= 4 is 0 Å². The number of rotatable bonds is 1. The fourth-order valence-corrected chi connectivity index (χ4v) is 1.48. The van der Waals surface area contributed by atoms with Gasteiger partial charge in [-0.05, 0) is 26.0 Å². The van der Waals surface area contributed by atoms with Crippen LogP contribution in [0.3, 0.4) is 0 Å². The molecule has 0 aromatic rings. The molecule has 0 aliphatic carbocycles. The number of nitrogens with zero attached hydrogens (tertiary/aromatic N) is 2. The van der Waals surface area contributed by atoms with E-state index in [2.05, 4.69) is 24.8 Å². The first kappa shape index (κ1) is 8.33. The number of allylic oxidation sites excluding steroid dienone is 2. The van der Waals surface area contributed by atoms with Gasteiger partial charge in [0.25, 0.3) is 0 Å². The van der Waals surface area contributed by atoms with E-state index in [-0.39, 0.29) is 12.3 Å². The molecule has 0 aromatic carbocycles. The fourth-order valence-electron chi connectivity index (χ4n) is 1.48. The van der Waals surface area contributed by atoms with Crippen molar-refractivity contribution in [3.05, 3.63) is 23.9 Å². The lowest BCUT2D eigenvalue weighted by Crippen LogP contribution is -2.29. The fraction of sp³-hybridized carbons (Fsp3) is 0.500. The lowest BCUT2D eigenvalue weighted by atomic mass is 10.3. The Labute approximate surface area is 77.9 Å². The molecule has 2 heterocycles. The molecule has 13 heavy (non-hydrogen) atoms. The van der Waals surface area contributed by atoms with Crippen LogP contribution in [0.5, 0.6) is 0 Å². The quantitative estimate of drug-likeness (QED) is 0.567. The monoisotopic (exact) mass is 176 g/mol. The van der Waals surface area contributed by atoms with Crippen molar-refractivity contribution in [2.45, 2.75) is 32.2 Å². The lowest BCUT2D eigenvalue weighted by Gasteiger charge is -2.22. The van der Waals surface area contributed by atoms with Gasteiger partial charge in [0.1, 0.15) is 12.2 Å². The molecule has 0 saturated carbocycles. The summed E-state index contributed by atoms with van der Waals surface area (Å²) in [6.07, 6.45) is 5.99. The molecule has 0 radical (unpaired) electrons. The Balaban J connectivity index is 2.24. The van der Waals surface area contributed by atoms with Crippen LogP contribution in [0.25, 0.3) is 0 Å². The summed E-state index contributed by atoms with van der Waals surface area (Å²) in [6.45, 7) is 4.19. The minimum Gasteiger partial charge on any atom is -0.346 e. The van der Waals surface area contributed by atoms with E-state index in [4.69, 9.17) is 10.00 Å². The van der Waals surface area contributed by atoms with Gasteiger partial charge in [-0.1, -0.05) is 0 Å². The van der Waals surface area contributed by atoms with Crippen molar-refractivity contribution in [2.24, 2.45) is 0 Å². The molecule has 0 N–H and O–H groups in total. The van der Waals surface area contributed by atoms with Gasteiger partial charge in [-0.15, -0.1) is 0 Å². The summed E-state index contributed by atoms with van der Waals surface area (Å²) < 4.78 is 5.41. The van der Waals surface area contributed by atoms with Crippen molar-refractivity contribution < 1.29 is 4.74 Å². The van der Waals surface area contributed by atoms with Crippen LogP contribution in [0.1, 0.15) is 13.8 Å². The second-order valence-corrected chi connectivity index (χ2v) is 3.59. The average Bonchev–Trinajstić information content (AvgIpc) is 2.80. The Hall–Kier alpha value is -1.27. The van der Waals surface area contributed by atoms with Crippen LogP contribution < -0.4 is 0 Å². The predicted octanol–water partition coefficient (Wildman–Crippen LogP) is 1.40. The number of hydrogen-bond acceptors (Lipinski definition) is 3. The molecular weight excluding hydrogens is 164 g/mol. The highest BCUT2D eigenvalue weighted by Gasteiger charge is 2.42. The van der Waals surface area contributed by atoms with E-state index in [1.54, 1.807) is 0 Å². The van der Waals surface area contributed by atoms with Crippen LogP contribution in [-0.4, -0.2) is 23.3 Å². The highest BCUT2D eigenvalue weighted by atomic mass is 16.6. The maximum absolute atomic E-state index is 8.78. The van der Waals surface area contributed by atoms with E-state index in [1.807, 2.05) is 18.4 Å². The largest absolute Gasteiger partial charge is 0.346 e. The van der Waals surface area contributed by atoms with Gasteiger partial charge < -0.3 is 9.64 Å². The molecule has 0 amide bonds. The summed E-state index contributed by atoms with van der Waals surface area (Å²) in [5.74, 6) is 0. The highest BCUT2D eigenvalue weighted by molar-refractivity contribution is 5.35. The summed E-state index contributed by atoms with van der Waals surface area (Å²) in [7, 11) is 0. The predicted molar refractivity (Wildman–Crippen MR) is 48.5 cm³/mol. The van der Waals surface area contributed by atoms with E-state index in [9.17, 15) is 0 Å². The number of ether oxygens (including phenoxy) is 1. The average molecular weight is 176 g/mol. The third kappa shape index (κ3) is 1.45. The van der Waals surface area contributed by atoms with Gasteiger partial charge in [0.15, 0.2) is 6.23 Å². The van der Waals surface area contributed by atoms with Gasteiger partial charge in [0.05, 0.1) is 5.57 Å². The summed E-state index contributed by atoms with van der Waals surface area (Å²) in [6, 6.07) is 2.52. The van der Waals surface area contributed by atoms with E-state index >= 15 is 0 Å². The zero-order valence-corrected chi connectivity index (χ0v) is 7.77. The second kappa shape index (κ2) is 2.90. The SMILES string of the molecule is CC(C)N1C=C(C#N)C=CC2OC21. The van der Waals surface area contributed by atoms with Crippen LogP contribution in [0, 0.1) is 11.3 Å². The molecule has 1 fully saturated rings. The highest BCUT2D eigenvalue weighted by Crippen LogP contribution is 2.32. The lowest BCUT2D eigenvalue weighted by molar-refractivity contribution is 0.199. The number of epoxide rings is 1. The molecule has 1 saturated heterocycles. The summed E-state index contributed by atoms with van der Waals surface area (Å²) >= 11 is 0. The van der Waals surface area contributed by atoms with Crippen molar-refractivity contribution in [3.8, 4) is 6.07 Å². The first-order valence-electron chi connectivity index (χ1n) is 4.45. The van der Waals surface area contributed by atoms with Crippen molar-refractivity contribution in [1.29, 1.82) is 5.26 Å². The molecule has 0 aromatic heterocycles. The van der Waals surface area contributed by atoms with Gasteiger partial charge in [0, 0.05) is 12.2 Å². The molecule has 2 aliphatic heterocycles. The Morgan fingerprint density at radius 3 is 3.00 bits per heavy atom. The van der Waals surface area contributed by atoms with Gasteiger partial charge >= 0.3 is 0 Å². The van der Waals surface area contributed by atoms with E-state index in [1.165, 1.54) is 0 Å². The zero-order chi connectivity index (χ0) is 9.42. The number of fused-ring (bicyclic) bond motifs is 1. The summed E-state index contributed by atoms with van der Waals surface area (Å²) in [5, 5.41) is 8.78. The van der Waals surface area contributed by atoms with Crippen LogP contribution in [0.15, 0.2) is 23.9 Å².